The maximum absolute atomic E-state index is 14.2. The van der Waals surface area contributed by atoms with Gasteiger partial charge in [0.1, 0.15) is 5.75 Å². The van der Waals surface area contributed by atoms with E-state index in [4.69, 9.17) is 5.26 Å². The Morgan fingerprint density at radius 3 is 2.79 bits per heavy atom. The van der Waals surface area contributed by atoms with Crippen LogP contribution in [0.4, 0.5) is 14.6 Å². The molecule has 1 saturated heterocycles. The van der Waals surface area contributed by atoms with Crippen molar-refractivity contribution in [2.75, 3.05) is 31.6 Å². The molecular weight excluding hydrogens is 376 g/mol. The van der Waals surface area contributed by atoms with E-state index < -0.39 is 5.92 Å². The van der Waals surface area contributed by atoms with Gasteiger partial charge in [-0.3, -0.25) is 4.90 Å². The largest absolute Gasteiger partial charge is 0.507 e. The molecule has 1 N–H and O–H groups in total. The average molecular weight is 399 g/mol. The second kappa shape index (κ2) is 7.23. The number of piperidine rings is 1. The number of alkyl halides is 2. The minimum absolute atomic E-state index is 0.0254. The first-order chi connectivity index (χ1) is 13.8. The van der Waals surface area contributed by atoms with Crippen molar-refractivity contribution in [1.29, 1.82) is 5.26 Å². The molecule has 0 unspecified atom stereocenters. The fourth-order valence-electron chi connectivity index (χ4n) is 4.52. The maximum Gasteiger partial charge on any atom is 0.262 e. The van der Waals surface area contributed by atoms with Crippen molar-refractivity contribution in [3.8, 4) is 23.1 Å². The Hall–Kier alpha value is -2.79. The molecule has 1 fully saturated rings. The summed E-state index contributed by atoms with van der Waals surface area (Å²) in [6.07, 6.45) is 1.45. The topological polar surface area (TPSA) is 76.3 Å². The van der Waals surface area contributed by atoms with Crippen LogP contribution in [0.3, 0.4) is 0 Å². The van der Waals surface area contributed by atoms with Gasteiger partial charge in [-0.2, -0.15) is 5.26 Å². The van der Waals surface area contributed by atoms with Gasteiger partial charge in [-0.15, -0.1) is 10.2 Å². The average Bonchev–Trinajstić information content (AvgIpc) is 2.67. The molecule has 1 atom stereocenters. The van der Waals surface area contributed by atoms with Crippen LogP contribution in [0.1, 0.15) is 29.5 Å². The Morgan fingerprint density at radius 1 is 1.31 bits per heavy atom. The van der Waals surface area contributed by atoms with Crippen LogP contribution < -0.4 is 4.90 Å². The zero-order valence-corrected chi connectivity index (χ0v) is 16.5. The molecular formula is C21H23F2N5O. The highest BCUT2D eigenvalue weighted by atomic mass is 19.3. The summed E-state index contributed by atoms with van der Waals surface area (Å²) in [5, 5.41) is 28.1. The molecule has 0 bridgehead atoms. The number of nitrogens with zero attached hydrogens (tertiary/aromatic N) is 5. The summed E-state index contributed by atoms with van der Waals surface area (Å²) in [5.74, 6) is -2.07. The van der Waals surface area contributed by atoms with Crippen LogP contribution in [-0.4, -0.2) is 58.9 Å². The number of aromatic hydroxyl groups is 1. The zero-order valence-electron chi connectivity index (χ0n) is 16.5. The molecule has 152 valence electrons. The van der Waals surface area contributed by atoms with Crippen LogP contribution in [0.25, 0.3) is 11.3 Å². The van der Waals surface area contributed by atoms with Crippen molar-refractivity contribution in [1.82, 2.24) is 15.1 Å². The van der Waals surface area contributed by atoms with Gasteiger partial charge in [0.25, 0.3) is 5.92 Å². The Morgan fingerprint density at radius 2 is 2.10 bits per heavy atom. The summed E-state index contributed by atoms with van der Waals surface area (Å²) >= 11 is 0. The van der Waals surface area contributed by atoms with E-state index in [0.29, 0.717) is 35.7 Å². The molecule has 3 heterocycles. The summed E-state index contributed by atoms with van der Waals surface area (Å²) in [7, 11) is 1.72. The van der Waals surface area contributed by atoms with Crippen LogP contribution in [0, 0.1) is 18.3 Å². The van der Waals surface area contributed by atoms with Gasteiger partial charge in [0.05, 0.1) is 23.9 Å². The lowest BCUT2D eigenvalue weighted by atomic mass is 9.93. The quantitative estimate of drug-likeness (QED) is 0.836. The standard InChI is InChI=1S/C21H23F2N5O/c1-13-16-4-3-7-28(15-9-21(22,23)12-27(2)11-15)20(16)26-25-19(13)17-6-5-14(10-24)8-18(17)29/h5-6,8,15,29H,3-4,7,9,11-12H2,1-2H3/t15-/m0/s1. The summed E-state index contributed by atoms with van der Waals surface area (Å²) in [4.78, 5) is 3.65. The Balaban J connectivity index is 1.72. The van der Waals surface area contributed by atoms with E-state index in [1.54, 1.807) is 24.1 Å². The van der Waals surface area contributed by atoms with E-state index in [9.17, 15) is 13.9 Å². The molecule has 2 aliphatic rings. The molecule has 4 rings (SSSR count). The minimum Gasteiger partial charge on any atom is -0.507 e. The van der Waals surface area contributed by atoms with Crippen molar-refractivity contribution in [2.24, 2.45) is 0 Å². The molecule has 0 aliphatic carbocycles. The van der Waals surface area contributed by atoms with Gasteiger partial charge in [-0.1, -0.05) is 0 Å². The van der Waals surface area contributed by atoms with Crippen molar-refractivity contribution in [3.63, 3.8) is 0 Å². The van der Waals surface area contributed by atoms with E-state index in [1.807, 2.05) is 17.9 Å². The van der Waals surface area contributed by atoms with Crippen molar-refractivity contribution in [3.05, 3.63) is 34.9 Å². The fraction of sp³-hybridized carbons (Fsp3) is 0.476. The SMILES string of the molecule is Cc1c(-c2ccc(C#N)cc2O)nnc2c1CCCN2[C@@H]1CN(C)CC(F)(F)C1. The molecule has 2 aliphatic heterocycles. The molecule has 0 saturated carbocycles. The first kappa shape index (κ1) is 19.5. The summed E-state index contributed by atoms with van der Waals surface area (Å²) < 4.78 is 28.3. The van der Waals surface area contributed by atoms with Gasteiger partial charge in [0.15, 0.2) is 5.82 Å². The maximum atomic E-state index is 14.2. The zero-order chi connectivity index (χ0) is 20.8. The van der Waals surface area contributed by atoms with Crippen LogP contribution in [0.5, 0.6) is 5.75 Å². The van der Waals surface area contributed by atoms with Crippen LogP contribution in [-0.2, 0) is 6.42 Å². The molecule has 6 nitrogen and oxygen atoms in total. The third-order valence-electron chi connectivity index (χ3n) is 5.80. The van der Waals surface area contributed by atoms with E-state index in [2.05, 4.69) is 10.2 Å². The van der Waals surface area contributed by atoms with Crippen molar-refractivity contribution >= 4 is 5.82 Å². The van der Waals surface area contributed by atoms with Gasteiger partial charge < -0.3 is 10.0 Å². The van der Waals surface area contributed by atoms with E-state index >= 15 is 0 Å². The number of benzene rings is 1. The fourth-order valence-corrected chi connectivity index (χ4v) is 4.52. The van der Waals surface area contributed by atoms with Gasteiger partial charge in [0, 0.05) is 36.7 Å². The van der Waals surface area contributed by atoms with E-state index in [0.717, 1.165) is 24.0 Å². The third kappa shape index (κ3) is 3.62. The normalized spacial score (nSPS) is 21.5. The number of hydrogen-bond donors (Lipinski definition) is 1. The number of phenols is 1. The lowest BCUT2D eigenvalue weighted by molar-refractivity contribution is -0.0648. The molecule has 1 aromatic carbocycles. The van der Waals surface area contributed by atoms with Crippen molar-refractivity contribution < 1.29 is 13.9 Å². The number of nitriles is 1. The number of anilines is 1. The highest BCUT2D eigenvalue weighted by Crippen LogP contribution is 2.38. The predicted octanol–water partition coefficient (Wildman–Crippen LogP) is 3.12. The smallest absolute Gasteiger partial charge is 0.262 e. The second-order valence-electron chi connectivity index (χ2n) is 8.03. The number of phenolic OH excluding ortho intramolecular Hbond substituents is 1. The summed E-state index contributed by atoms with van der Waals surface area (Å²) in [5.41, 5.74) is 3.30. The predicted molar refractivity (Wildman–Crippen MR) is 105 cm³/mol. The number of likely N-dealkylation sites (N-methyl/N-ethyl adjacent to an activating group) is 1. The number of aromatic nitrogens is 2. The molecule has 0 radical (unpaired) electrons. The molecule has 8 heteroatoms. The summed E-state index contributed by atoms with van der Waals surface area (Å²) in [6, 6.07) is 6.37. The lowest BCUT2D eigenvalue weighted by Crippen LogP contribution is -2.55. The minimum atomic E-state index is -2.72. The number of fused-ring (bicyclic) bond motifs is 1. The lowest BCUT2D eigenvalue weighted by Gasteiger charge is -2.43. The number of hydrogen-bond acceptors (Lipinski definition) is 6. The Bertz CT molecular complexity index is 988. The van der Waals surface area contributed by atoms with E-state index in [1.165, 1.54) is 6.07 Å². The monoisotopic (exact) mass is 399 g/mol. The van der Waals surface area contributed by atoms with Crippen LogP contribution >= 0.6 is 0 Å². The second-order valence-corrected chi connectivity index (χ2v) is 8.03. The molecule has 2 aromatic rings. The first-order valence-corrected chi connectivity index (χ1v) is 9.72. The summed E-state index contributed by atoms with van der Waals surface area (Å²) in [6.45, 7) is 2.95. The van der Waals surface area contributed by atoms with Gasteiger partial charge in [-0.25, -0.2) is 8.78 Å². The highest BCUT2D eigenvalue weighted by Gasteiger charge is 2.42. The van der Waals surface area contributed by atoms with Crippen molar-refractivity contribution in [2.45, 2.75) is 38.2 Å². The first-order valence-electron chi connectivity index (χ1n) is 9.72. The van der Waals surface area contributed by atoms with Gasteiger partial charge >= 0.3 is 0 Å². The molecule has 1 aromatic heterocycles. The van der Waals surface area contributed by atoms with Crippen LogP contribution in [0.15, 0.2) is 18.2 Å². The molecule has 29 heavy (non-hydrogen) atoms. The van der Waals surface area contributed by atoms with Crippen LogP contribution in [0.2, 0.25) is 0 Å². The van der Waals surface area contributed by atoms with Gasteiger partial charge in [0.2, 0.25) is 0 Å². The van der Waals surface area contributed by atoms with E-state index in [-0.39, 0.29) is 24.8 Å². The molecule has 0 amide bonds. The Kier molecular flexibility index (Phi) is 4.87. The third-order valence-corrected chi connectivity index (χ3v) is 5.80. The molecule has 0 spiro atoms. The number of likely N-dealkylation sites (tertiary alicyclic amines) is 1. The Labute approximate surface area is 168 Å². The highest BCUT2D eigenvalue weighted by molar-refractivity contribution is 5.73. The van der Waals surface area contributed by atoms with Gasteiger partial charge in [-0.05, 0) is 50.6 Å². The number of rotatable bonds is 2. The number of halogens is 2.